The number of carbonyl (C=O) groups excluding carboxylic acids is 1. The second-order valence-corrected chi connectivity index (χ2v) is 10.3. The zero-order valence-electron chi connectivity index (χ0n) is 21.0. The van der Waals surface area contributed by atoms with E-state index in [1.54, 1.807) is 0 Å². The maximum absolute atomic E-state index is 12.7. The highest BCUT2D eigenvalue weighted by Crippen LogP contribution is 2.47. The molecule has 0 saturated heterocycles. The molecule has 2 N–H and O–H groups in total. The highest BCUT2D eigenvalue weighted by molar-refractivity contribution is 5.72. The van der Waals surface area contributed by atoms with Crippen LogP contribution in [0.2, 0.25) is 0 Å². The fraction of sp³-hybridized carbons (Fsp3) is 0.607. The lowest BCUT2D eigenvalue weighted by molar-refractivity contribution is 0.192. The van der Waals surface area contributed by atoms with Crippen LogP contribution in [0, 0.1) is 11.3 Å². The third-order valence-electron chi connectivity index (χ3n) is 6.83. The Bertz CT molecular complexity index is 837. The van der Waals surface area contributed by atoms with E-state index >= 15 is 0 Å². The first kappa shape index (κ1) is 26.0. The molecule has 0 aromatic heterocycles. The Kier molecular flexibility index (Phi) is 9.42. The number of nitrogens with one attached hydrogen (secondary N) is 1. The van der Waals surface area contributed by atoms with Gasteiger partial charge in [-0.25, -0.2) is 4.79 Å². The molecule has 32 heavy (non-hydrogen) atoms. The predicted octanol–water partition coefficient (Wildman–Crippen LogP) is 7.67. The van der Waals surface area contributed by atoms with Crippen molar-refractivity contribution in [3.05, 3.63) is 47.1 Å². The molecule has 0 aliphatic heterocycles. The molecule has 2 atom stereocenters. The van der Waals surface area contributed by atoms with Crippen LogP contribution in [0.15, 0.2) is 35.9 Å². The molecule has 1 amide bonds. The molecule has 0 saturated carbocycles. The van der Waals surface area contributed by atoms with Crippen LogP contribution in [-0.4, -0.2) is 17.7 Å². The minimum Gasteiger partial charge on any atom is -0.507 e. The SMILES string of the molecule is C=C(C)[C@@H]1CCC(C)=C[C@H]1c1c(O)cc(CCCCC)cc1OC(=O)NCC(C)(C)CC. The van der Waals surface area contributed by atoms with Crippen LogP contribution >= 0.6 is 0 Å². The number of phenolic OH excluding ortho intramolecular Hbond substituents is 1. The van der Waals surface area contributed by atoms with Gasteiger partial charge in [-0.15, -0.1) is 0 Å². The summed E-state index contributed by atoms with van der Waals surface area (Å²) in [6, 6.07) is 3.80. The normalized spacial score (nSPS) is 18.8. The molecule has 0 radical (unpaired) electrons. The lowest BCUT2D eigenvalue weighted by Gasteiger charge is -2.32. The topological polar surface area (TPSA) is 58.6 Å². The molecule has 0 spiro atoms. The third kappa shape index (κ3) is 7.15. The summed E-state index contributed by atoms with van der Waals surface area (Å²) < 4.78 is 5.86. The third-order valence-corrected chi connectivity index (χ3v) is 6.83. The van der Waals surface area contributed by atoms with E-state index in [4.69, 9.17) is 4.74 Å². The van der Waals surface area contributed by atoms with Crippen LogP contribution in [0.3, 0.4) is 0 Å². The number of aromatic hydroxyl groups is 1. The average Bonchev–Trinajstić information content (AvgIpc) is 2.72. The van der Waals surface area contributed by atoms with Gasteiger partial charge in [0.05, 0.1) is 0 Å². The van der Waals surface area contributed by atoms with Crippen molar-refractivity contribution in [3.8, 4) is 11.5 Å². The Morgan fingerprint density at radius 1 is 1.28 bits per heavy atom. The van der Waals surface area contributed by atoms with Gasteiger partial charge in [-0.3, -0.25) is 0 Å². The molecule has 1 aliphatic carbocycles. The molecule has 1 aromatic carbocycles. The van der Waals surface area contributed by atoms with Crippen molar-refractivity contribution in [1.82, 2.24) is 5.32 Å². The van der Waals surface area contributed by atoms with Gasteiger partial charge in [0.25, 0.3) is 0 Å². The van der Waals surface area contributed by atoms with Gasteiger partial charge in [0.2, 0.25) is 0 Å². The van der Waals surface area contributed by atoms with E-state index < -0.39 is 6.09 Å². The number of amides is 1. The number of aryl methyl sites for hydroxylation is 1. The van der Waals surface area contributed by atoms with Gasteiger partial charge >= 0.3 is 6.09 Å². The lowest BCUT2D eigenvalue weighted by atomic mass is 9.73. The van der Waals surface area contributed by atoms with E-state index in [1.165, 1.54) is 5.57 Å². The highest BCUT2D eigenvalue weighted by atomic mass is 16.6. The first-order valence-electron chi connectivity index (χ1n) is 12.2. The Hall–Kier alpha value is -2.23. The number of hydrogen-bond acceptors (Lipinski definition) is 3. The Labute approximate surface area is 195 Å². The number of carbonyl (C=O) groups is 1. The summed E-state index contributed by atoms with van der Waals surface area (Å²) in [5.74, 6) is 0.823. The lowest BCUT2D eigenvalue weighted by Crippen LogP contribution is -2.35. The summed E-state index contributed by atoms with van der Waals surface area (Å²) in [4.78, 5) is 12.7. The van der Waals surface area contributed by atoms with E-state index in [-0.39, 0.29) is 23.0 Å². The first-order valence-corrected chi connectivity index (χ1v) is 12.2. The van der Waals surface area contributed by atoms with Crippen LogP contribution in [-0.2, 0) is 6.42 Å². The van der Waals surface area contributed by atoms with Gasteiger partial charge in [-0.05, 0) is 75.0 Å². The van der Waals surface area contributed by atoms with Crippen molar-refractivity contribution in [3.63, 3.8) is 0 Å². The number of allylic oxidation sites excluding steroid dienone is 3. The predicted molar refractivity (Wildman–Crippen MR) is 133 cm³/mol. The van der Waals surface area contributed by atoms with Crippen LogP contribution in [0.5, 0.6) is 11.5 Å². The van der Waals surface area contributed by atoms with Crippen LogP contribution in [0.25, 0.3) is 0 Å². The maximum Gasteiger partial charge on any atom is 0.412 e. The molecule has 178 valence electrons. The molecule has 0 heterocycles. The van der Waals surface area contributed by atoms with Gasteiger partial charge in [-0.1, -0.05) is 64.3 Å². The second kappa shape index (κ2) is 11.6. The zero-order chi connectivity index (χ0) is 23.9. The molecule has 4 heteroatoms. The minimum atomic E-state index is -0.471. The highest BCUT2D eigenvalue weighted by Gasteiger charge is 2.31. The number of rotatable bonds is 10. The standard InChI is InChI=1S/C28H43NO3/c1-8-10-11-12-21-16-24(30)26(23-15-20(5)13-14-22(23)19(3)4)25(17-21)32-27(31)29-18-28(6,7)9-2/h15-17,22-23,30H,3,8-14,18H2,1-2,4-7H3,(H,29,31)/t22-,23+/m0/s1. The van der Waals surface area contributed by atoms with Crippen molar-refractivity contribution in [1.29, 1.82) is 0 Å². The van der Waals surface area contributed by atoms with Crippen molar-refractivity contribution >= 4 is 6.09 Å². The van der Waals surface area contributed by atoms with Crippen LogP contribution in [0.1, 0.15) is 97.1 Å². The van der Waals surface area contributed by atoms with Gasteiger partial charge in [0.1, 0.15) is 11.5 Å². The van der Waals surface area contributed by atoms with Gasteiger partial charge in [-0.2, -0.15) is 0 Å². The zero-order valence-corrected chi connectivity index (χ0v) is 21.0. The van der Waals surface area contributed by atoms with E-state index in [2.05, 4.69) is 52.6 Å². The first-order chi connectivity index (χ1) is 15.1. The summed E-state index contributed by atoms with van der Waals surface area (Å²) in [5, 5.41) is 14.0. The molecular formula is C28H43NO3. The smallest absolute Gasteiger partial charge is 0.412 e. The van der Waals surface area contributed by atoms with Gasteiger partial charge in [0.15, 0.2) is 0 Å². The Morgan fingerprint density at radius 2 is 2.00 bits per heavy atom. The van der Waals surface area contributed by atoms with Gasteiger partial charge < -0.3 is 15.2 Å². The monoisotopic (exact) mass is 441 g/mol. The summed E-state index contributed by atoms with van der Waals surface area (Å²) in [5.41, 5.74) is 4.07. The summed E-state index contributed by atoms with van der Waals surface area (Å²) in [7, 11) is 0. The average molecular weight is 442 g/mol. The number of hydrogen-bond donors (Lipinski definition) is 2. The summed E-state index contributed by atoms with van der Waals surface area (Å²) in [6.45, 7) is 17.4. The quantitative estimate of drug-likeness (QED) is 0.289. The van der Waals surface area contributed by atoms with E-state index in [1.807, 2.05) is 19.1 Å². The fourth-order valence-corrected chi connectivity index (χ4v) is 4.29. The molecule has 1 aromatic rings. The van der Waals surface area contributed by atoms with Crippen molar-refractivity contribution < 1.29 is 14.6 Å². The fourth-order valence-electron chi connectivity index (χ4n) is 4.29. The number of phenols is 1. The van der Waals surface area contributed by atoms with E-state index in [0.717, 1.165) is 56.1 Å². The Balaban J connectivity index is 2.41. The molecule has 0 fully saturated rings. The van der Waals surface area contributed by atoms with E-state index in [9.17, 15) is 9.90 Å². The second-order valence-electron chi connectivity index (χ2n) is 10.3. The molecule has 0 bridgehead atoms. The summed E-state index contributed by atoms with van der Waals surface area (Å²) >= 11 is 0. The number of ether oxygens (including phenoxy) is 1. The minimum absolute atomic E-state index is 0.000255. The van der Waals surface area contributed by atoms with Crippen molar-refractivity contribution in [2.24, 2.45) is 11.3 Å². The maximum atomic E-state index is 12.7. The van der Waals surface area contributed by atoms with Crippen LogP contribution < -0.4 is 10.1 Å². The van der Waals surface area contributed by atoms with Gasteiger partial charge in [0, 0.05) is 18.0 Å². The van der Waals surface area contributed by atoms with Crippen molar-refractivity contribution in [2.75, 3.05) is 6.54 Å². The summed E-state index contributed by atoms with van der Waals surface area (Å²) in [6.07, 6.45) is 8.86. The Morgan fingerprint density at radius 3 is 2.62 bits per heavy atom. The number of benzene rings is 1. The van der Waals surface area contributed by atoms with E-state index in [0.29, 0.717) is 17.9 Å². The molecule has 4 nitrogen and oxygen atoms in total. The molecule has 2 rings (SSSR count). The molecule has 1 aliphatic rings. The number of unbranched alkanes of at least 4 members (excludes halogenated alkanes) is 2. The van der Waals surface area contributed by atoms with Crippen LogP contribution in [0.4, 0.5) is 4.79 Å². The largest absolute Gasteiger partial charge is 0.507 e. The molecular weight excluding hydrogens is 398 g/mol. The van der Waals surface area contributed by atoms with Crippen molar-refractivity contribution in [2.45, 2.75) is 92.4 Å². The molecule has 0 unspecified atom stereocenters.